The Morgan fingerprint density at radius 1 is 0.587 bits per heavy atom. The van der Waals surface area contributed by atoms with Gasteiger partial charge in [-0.3, -0.25) is 0 Å². The van der Waals surface area contributed by atoms with Crippen molar-refractivity contribution in [2.75, 3.05) is 0 Å². The van der Waals surface area contributed by atoms with Crippen molar-refractivity contribution in [3.05, 3.63) is 132 Å². The van der Waals surface area contributed by atoms with Gasteiger partial charge in [-0.1, -0.05) is 94.5 Å². The standard InChI is InChI=1S/C46H46/c1-45(2)39-11-6-5-10-34(39)35-20-16-30(24-40(35)45)31-17-21-36-37-22-18-32(26-42(37)46(3,4)41(36)25-31)33-19-14-29-13-12-27-8-7-9-28-15-23-38(33)44(29)43(27)28/h6,8,11-14,19,23-26,28H,5,7,9-10,15-18,20-22H2,1-4H3. The van der Waals surface area contributed by atoms with Crippen molar-refractivity contribution < 1.29 is 0 Å². The van der Waals surface area contributed by atoms with Gasteiger partial charge in [0.05, 0.1) is 0 Å². The molecule has 0 aliphatic heterocycles. The first kappa shape index (κ1) is 27.5. The molecule has 8 aliphatic carbocycles. The van der Waals surface area contributed by atoms with Crippen molar-refractivity contribution in [3.8, 4) is 0 Å². The van der Waals surface area contributed by atoms with E-state index >= 15 is 0 Å². The number of hydrogen-bond donors (Lipinski definition) is 0. The molecule has 2 aromatic carbocycles. The normalized spacial score (nSPS) is 26.6. The molecule has 230 valence electrons. The minimum Gasteiger partial charge on any atom is -0.0839 e. The van der Waals surface area contributed by atoms with Crippen LogP contribution in [0.1, 0.15) is 115 Å². The second kappa shape index (κ2) is 9.47. The molecule has 46 heavy (non-hydrogen) atoms. The first-order chi connectivity index (χ1) is 22.3. The number of fused-ring (bicyclic) bond motifs is 2. The van der Waals surface area contributed by atoms with E-state index in [4.69, 9.17) is 0 Å². The molecule has 0 saturated heterocycles. The Morgan fingerprint density at radius 2 is 1.20 bits per heavy atom. The molecule has 1 unspecified atom stereocenters. The first-order valence-electron chi connectivity index (χ1n) is 18.3. The maximum atomic E-state index is 2.66. The molecule has 0 bridgehead atoms. The van der Waals surface area contributed by atoms with Gasteiger partial charge < -0.3 is 0 Å². The van der Waals surface area contributed by atoms with Crippen LogP contribution in [0.3, 0.4) is 0 Å². The minimum absolute atomic E-state index is 0.0523. The fourth-order valence-electron chi connectivity index (χ4n) is 11.0. The van der Waals surface area contributed by atoms with Crippen molar-refractivity contribution in [2.45, 2.75) is 104 Å². The zero-order valence-corrected chi connectivity index (χ0v) is 28.2. The Labute approximate surface area is 274 Å². The van der Waals surface area contributed by atoms with Gasteiger partial charge in [-0.15, -0.1) is 0 Å². The summed E-state index contributed by atoms with van der Waals surface area (Å²) < 4.78 is 0. The summed E-state index contributed by atoms with van der Waals surface area (Å²) in [6.45, 7) is 9.95. The largest absolute Gasteiger partial charge is 0.0839 e. The van der Waals surface area contributed by atoms with E-state index in [-0.39, 0.29) is 10.8 Å². The van der Waals surface area contributed by atoms with E-state index in [1.807, 2.05) is 0 Å². The summed E-state index contributed by atoms with van der Waals surface area (Å²) in [5.41, 5.74) is 21.2. The summed E-state index contributed by atoms with van der Waals surface area (Å²) in [5, 5.41) is 6.00. The summed E-state index contributed by atoms with van der Waals surface area (Å²) in [5.74, 6) is 0.701. The lowest BCUT2D eigenvalue weighted by Crippen LogP contribution is -2.26. The van der Waals surface area contributed by atoms with Crippen molar-refractivity contribution in [1.82, 2.24) is 0 Å². The molecule has 10 rings (SSSR count). The van der Waals surface area contributed by atoms with Crippen LogP contribution >= 0.6 is 0 Å². The quantitative estimate of drug-likeness (QED) is 0.323. The molecular formula is C46H46. The second-order valence-electron chi connectivity index (χ2n) is 16.4. The Kier molecular flexibility index (Phi) is 5.65. The number of benzene rings is 2. The van der Waals surface area contributed by atoms with Crippen LogP contribution in [0, 0.1) is 10.8 Å². The monoisotopic (exact) mass is 598 g/mol. The van der Waals surface area contributed by atoms with Gasteiger partial charge in [0.1, 0.15) is 0 Å². The predicted octanol–water partition coefficient (Wildman–Crippen LogP) is 10.9. The fraction of sp³-hybridized carbons (Fsp3) is 0.391. The Morgan fingerprint density at radius 3 is 1.91 bits per heavy atom. The van der Waals surface area contributed by atoms with Gasteiger partial charge in [0.15, 0.2) is 0 Å². The molecule has 1 atom stereocenters. The molecule has 2 aromatic rings. The fourth-order valence-corrected chi connectivity index (χ4v) is 11.0. The van der Waals surface area contributed by atoms with Crippen molar-refractivity contribution in [2.24, 2.45) is 10.8 Å². The number of hydrogen-bond acceptors (Lipinski definition) is 0. The van der Waals surface area contributed by atoms with E-state index in [0.29, 0.717) is 5.92 Å². The number of allylic oxidation sites excluding steroid dienone is 16. The maximum Gasteiger partial charge on any atom is 0.0152 e. The van der Waals surface area contributed by atoms with Gasteiger partial charge in [0.2, 0.25) is 0 Å². The summed E-state index contributed by atoms with van der Waals surface area (Å²) >= 11 is 0. The molecule has 0 heteroatoms. The topological polar surface area (TPSA) is 0 Å². The summed E-state index contributed by atoms with van der Waals surface area (Å²) in [4.78, 5) is 0. The summed E-state index contributed by atoms with van der Waals surface area (Å²) in [6.07, 6.45) is 31.2. The molecule has 0 amide bonds. The molecule has 0 spiro atoms. The molecule has 8 aliphatic rings. The van der Waals surface area contributed by atoms with Gasteiger partial charge >= 0.3 is 0 Å². The molecule has 0 aromatic heterocycles. The van der Waals surface area contributed by atoms with E-state index in [9.17, 15) is 0 Å². The second-order valence-corrected chi connectivity index (χ2v) is 16.4. The van der Waals surface area contributed by atoms with Crippen molar-refractivity contribution in [1.29, 1.82) is 0 Å². The van der Waals surface area contributed by atoms with E-state index < -0.39 is 0 Å². The third-order valence-electron chi connectivity index (χ3n) is 13.4. The molecule has 0 N–H and O–H groups in total. The van der Waals surface area contributed by atoms with Crippen LogP contribution in [0.25, 0.3) is 28.5 Å². The third-order valence-corrected chi connectivity index (χ3v) is 13.4. The molecule has 0 nitrogen and oxygen atoms in total. The zero-order valence-electron chi connectivity index (χ0n) is 28.2. The molecule has 0 fully saturated rings. The van der Waals surface area contributed by atoms with Gasteiger partial charge in [-0.25, -0.2) is 0 Å². The van der Waals surface area contributed by atoms with E-state index in [2.05, 4.69) is 94.5 Å². The number of rotatable bonds is 2. The van der Waals surface area contributed by atoms with Crippen LogP contribution in [-0.4, -0.2) is 0 Å². The SMILES string of the molecule is CC1(C)C2=C(CCC=C2)C2=C1C=C(C1=CC3=C(CC1)C1=C(C=C(c4ccc5ccc6c7c5c4=CCC7CCC=6)CC1)C3(C)C)CC2. The molecule has 0 heterocycles. The van der Waals surface area contributed by atoms with Crippen LogP contribution in [0.15, 0.2) is 110 Å². The van der Waals surface area contributed by atoms with E-state index in [0.717, 1.165) is 6.42 Å². The minimum atomic E-state index is 0.0523. The molecular weight excluding hydrogens is 553 g/mol. The lowest BCUT2D eigenvalue weighted by atomic mass is 9.73. The van der Waals surface area contributed by atoms with Crippen LogP contribution in [-0.2, 0) is 0 Å². The smallest absolute Gasteiger partial charge is 0.0152 e. The zero-order chi connectivity index (χ0) is 30.9. The van der Waals surface area contributed by atoms with Crippen molar-refractivity contribution >= 4 is 28.5 Å². The van der Waals surface area contributed by atoms with E-state index in [1.165, 1.54) is 85.6 Å². The highest BCUT2D eigenvalue weighted by Gasteiger charge is 2.42. The van der Waals surface area contributed by atoms with Gasteiger partial charge in [-0.05, 0) is 170 Å². The highest BCUT2D eigenvalue weighted by Crippen LogP contribution is 2.58. The Hall–Kier alpha value is -3.64. The third kappa shape index (κ3) is 3.62. The Bertz CT molecular complexity index is 2200. The van der Waals surface area contributed by atoms with Crippen LogP contribution in [0.4, 0.5) is 0 Å². The van der Waals surface area contributed by atoms with Crippen LogP contribution < -0.4 is 10.4 Å². The van der Waals surface area contributed by atoms with Gasteiger partial charge in [0.25, 0.3) is 0 Å². The molecule has 0 radical (unpaired) electrons. The summed E-state index contributed by atoms with van der Waals surface area (Å²) in [6, 6.07) is 9.61. The summed E-state index contributed by atoms with van der Waals surface area (Å²) in [7, 11) is 0. The Balaban J connectivity index is 1.02. The van der Waals surface area contributed by atoms with Crippen molar-refractivity contribution in [3.63, 3.8) is 0 Å². The first-order valence-corrected chi connectivity index (χ1v) is 18.3. The lowest BCUT2D eigenvalue weighted by molar-refractivity contribution is 0.564. The van der Waals surface area contributed by atoms with Crippen LogP contribution in [0.5, 0.6) is 0 Å². The lowest BCUT2D eigenvalue weighted by Gasteiger charge is -2.31. The van der Waals surface area contributed by atoms with Gasteiger partial charge in [0, 0.05) is 10.8 Å². The average molecular weight is 599 g/mol. The van der Waals surface area contributed by atoms with Crippen LogP contribution in [0.2, 0.25) is 0 Å². The predicted molar refractivity (Wildman–Crippen MR) is 195 cm³/mol. The average Bonchev–Trinajstić information content (AvgIpc) is 3.46. The van der Waals surface area contributed by atoms with E-state index in [1.54, 1.807) is 72.3 Å². The highest BCUT2D eigenvalue weighted by atomic mass is 14.5. The van der Waals surface area contributed by atoms with Gasteiger partial charge in [-0.2, -0.15) is 0 Å². The highest BCUT2D eigenvalue weighted by molar-refractivity contribution is 5.93. The molecule has 0 saturated carbocycles. The maximum absolute atomic E-state index is 2.66.